The Balaban J connectivity index is 1.56. The lowest BCUT2D eigenvalue weighted by molar-refractivity contribution is -0.138. The maximum Gasteiger partial charge on any atom is 0.417 e. The van der Waals surface area contributed by atoms with Crippen molar-refractivity contribution in [3.05, 3.63) is 35.4 Å². The molecule has 0 aromatic heterocycles. The summed E-state index contributed by atoms with van der Waals surface area (Å²) >= 11 is 0. The molecule has 1 aromatic carbocycles. The molecule has 2 aliphatic rings. The molecule has 2 amide bonds. The molecule has 0 saturated carbocycles. The van der Waals surface area contributed by atoms with Crippen LogP contribution in [0.5, 0.6) is 0 Å². The van der Waals surface area contributed by atoms with Crippen molar-refractivity contribution in [2.45, 2.75) is 25.4 Å². The third kappa shape index (κ3) is 4.80. The minimum atomic E-state index is -4.56. The predicted octanol–water partition coefficient (Wildman–Crippen LogP) is 2.48. The maximum absolute atomic E-state index is 13.1. The molecule has 0 atom stereocenters. The predicted molar refractivity (Wildman–Crippen MR) is 94.2 cm³/mol. The number of halogens is 3. The molecule has 2 fully saturated rings. The molecule has 2 saturated heterocycles. The van der Waals surface area contributed by atoms with Crippen molar-refractivity contribution in [3.63, 3.8) is 0 Å². The number of likely N-dealkylation sites (tertiary alicyclic amines) is 1. The number of nitrogens with zero attached hydrogens (tertiary/aromatic N) is 3. The van der Waals surface area contributed by atoms with Crippen LogP contribution < -0.4 is 0 Å². The van der Waals surface area contributed by atoms with E-state index in [0.717, 1.165) is 38.4 Å². The number of piperazine rings is 1. The van der Waals surface area contributed by atoms with E-state index in [-0.39, 0.29) is 11.5 Å². The Labute approximate surface area is 156 Å². The van der Waals surface area contributed by atoms with Crippen LogP contribution in [-0.4, -0.2) is 72.3 Å². The molecule has 2 aliphatic heterocycles. The Bertz CT molecular complexity index is 679. The molecule has 0 radical (unpaired) electrons. The number of hydrogen-bond acceptors (Lipinski definition) is 3. The number of piperidine rings is 1. The average Bonchev–Trinajstić information content (AvgIpc) is 2.68. The highest BCUT2D eigenvalue weighted by atomic mass is 19.4. The van der Waals surface area contributed by atoms with Crippen molar-refractivity contribution >= 4 is 11.8 Å². The number of hydrogen-bond donors (Lipinski definition) is 0. The van der Waals surface area contributed by atoms with Gasteiger partial charge in [-0.05, 0) is 31.4 Å². The van der Waals surface area contributed by atoms with Crippen molar-refractivity contribution < 1.29 is 22.8 Å². The van der Waals surface area contributed by atoms with E-state index in [9.17, 15) is 22.8 Å². The lowest BCUT2D eigenvalue weighted by Crippen LogP contribution is -2.52. The molecule has 0 bridgehead atoms. The first-order valence-electron chi connectivity index (χ1n) is 9.32. The Kier molecular flexibility index (Phi) is 6.04. The fourth-order valence-electron chi connectivity index (χ4n) is 3.63. The van der Waals surface area contributed by atoms with Crippen molar-refractivity contribution in [1.29, 1.82) is 0 Å². The van der Waals surface area contributed by atoms with Gasteiger partial charge in [0.25, 0.3) is 5.91 Å². The summed E-state index contributed by atoms with van der Waals surface area (Å²) < 4.78 is 39.4. The minimum Gasteiger partial charge on any atom is -0.342 e. The van der Waals surface area contributed by atoms with Gasteiger partial charge < -0.3 is 9.80 Å². The Morgan fingerprint density at radius 2 is 1.48 bits per heavy atom. The largest absolute Gasteiger partial charge is 0.417 e. The molecular weight excluding hydrogens is 359 g/mol. The first-order chi connectivity index (χ1) is 12.9. The molecular formula is C19H24F3N3O2. The zero-order valence-electron chi connectivity index (χ0n) is 15.2. The van der Waals surface area contributed by atoms with Crippen molar-refractivity contribution in [1.82, 2.24) is 14.7 Å². The van der Waals surface area contributed by atoms with Crippen LogP contribution in [0.25, 0.3) is 0 Å². The van der Waals surface area contributed by atoms with Gasteiger partial charge in [0.15, 0.2) is 0 Å². The van der Waals surface area contributed by atoms with Gasteiger partial charge in [0, 0.05) is 39.3 Å². The van der Waals surface area contributed by atoms with Gasteiger partial charge in [0.2, 0.25) is 5.91 Å². The van der Waals surface area contributed by atoms with Crippen LogP contribution in [0.4, 0.5) is 13.2 Å². The molecule has 0 spiro atoms. The highest BCUT2D eigenvalue weighted by Gasteiger charge is 2.36. The number of carbonyl (C=O) groups is 2. The van der Waals surface area contributed by atoms with Gasteiger partial charge in [0.1, 0.15) is 0 Å². The fourth-order valence-corrected chi connectivity index (χ4v) is 3.63. The molecule has 2 heterocycles. The third-order valence-electron chi connectivity index (χ3n) is 5.19. The quantitative estimate of drug-likeness (QED) is 0.806. The van der Waals surface area contributed by atoms with Crippen molar-refractivity contribution in [2.24, 2.45) is 0 Å². The number of carbonyl (C=O) groups excluding carboxylic acids is 2. The first kappa shape index (κ1) is 19.7. The van der Waals surface area contributed by atoms with E-state index >= 15 is 0 Å². The standard InChI is InChI=1S/C19H24F3N3O2/c20-19(21,22)16-7-3-2-6-15(16)18(27)25-12-10-23(11-13-25)14-17(26)24-8-4-1-5-9-24/h2-3,6-7H,1,4-5,8-14H2. The number of rotatable bonds is 3. The lowest BCUT2D eigenvalue weighted by Gasteiger charge is -2.36. The smallest absolute Gasteiger partial charge is 0.342 e. The summed E-state index contributed by atoms with van der Waals surface area (Å²) in [6.45, 7) is 3.51. The van der Waals surface area contributed by atoms with Gasteiger partial charge in [-0.1, -0.05) is 12.1 Å². The van der Waals surface area contributed by atoms with Crippen LogP contribution in [0, 0.1) is 0 Å². The SMILES string of the molecule is O=C(CN1CCN(C(=O)c2ccccc2C(F)(F)F)CC1)N1CCCCC1. The highest BCUT2D eigenvalue weighted by molar-refractivity contribution is 5.96. The molecule has 8 heteroatoms. The second kappa shape index (κ2) is 8.29. The van der Waals surface area contributed by atoms with E-state index in [4.69, 9.17) is 0 Å². The normalized spacial score (nSPS) is 19.2. The van der Waals surface area contributed by atoms with E-state index in [1.807, 2.05) is 9.80 Å². The molecule has 3 rings (SSSR count). The molecule has 0 N–H and O–H groups in total. The Morgan fingerprint density at radius 3 is 2.11 bits per heavy atom. The van der Waals surface area contributed by atoms with Crippen LogP contribution in [0.1, 0.15) is 35.2 Å². The average molecular weight is 383 g/mol. The number of alkyl halides is 3. The maximum atomic E-state index is 13.1. The van der Waals surface area contributed by atoms with Gasteiger partial charge in [-0.3, -0.25) is 14.5 Å². The van der Waals surface area contributed by atoms with Gasteiger partial charge in [0.05, 0.1) is 17.7 Å². The van der Waals surface area contributed by atoms with Gasteiger partial charge >= 0.3 is 6.18 Å². The van der Waals surface area contributed by atoms with Gasteiger partial charge in [-0.2, -0.15) is 13.2 Å². The molecule has 148 valence electrons. The van der Waals surface area contributed by atoms with E-state index in [1.54, 1.807) is 0 Å². The summed E-state index contributed by atoms with van der Waals surface area (Å²) in [4.78, 5) is 30.2. The summed E-state index contributed by atoms with van der Waals surface area (Å²) in [6, 6.07) is 4.87. The summed E-state index contributed by atoms with van der Waals surface area (Å²) in [5.41, 5.74) is -1.22. The third-order valence-corrected chi connectivity index (χ3v) is 5.19. The van der Waals surface area contributed by atoms with Crippen LogP contribution in [-0.2, 0) is 11.0 Å². The zero-order chi connectivity index (χ0) is 19.4. The van der Waals surface area contributed by atoms with Crippen molar-refractivity contribution in [3.8, 4) is 0 Å². The minimum absolute atomic E-state index is 0.0943. The first-order valence-corrected chi connectivity index (χ1v) is 9.32. The Morgan fingerprint density at radius 1 is 0.852 bits per heavy atom. The second-order valence-electron chi connectivity index (χ2n) is 7.05. The van der Waals surface area contributed by atoms with E-state index in [1.165, 1.54) is 23.1 Å². The monoisotopic (exact) mass is 383 g/mol. The van der Waals surface area contributed by atoms with E-state index in [2.05, 4.69) is 0 Å². The molecule has 0 unspecified atom stereocenters. The number of amides is 2. The van der Waals surface area contributed by atoms with Gasteiger partial charge in [-0.25, -0.2) is 0 Å². The Hall–Kier alpha value is -2.09. The lowest BCUT2D eigenvalue weighted by atomic mass is 10.1. The van der Waals surface area contributed by atoms with Crippen molar-refractivity contribution in [2.75, 3.05) is 45.8 Å². The van der Waals surface area contributed by atoms with E-state index in [0.29, 0.717) is 32.7 Å². The summed E-state index contributed by atoms with van der Waals surface area (Å²) in [7, 11) is 0. The molecule has 0 aliphatic carbocycles. The fraction of sp³-hybridized carbons (Fsp3) is 0.579. The zero-order valence-corrected chi connectivity index (χ0v) is 15.2. The summed E-state index contributed by atoms with van der Waals surface area (Å²) in [5, 5.41) is 0. The van der Waals surface area contributed by atoms with Crippen LogP contribution >= 0.6 is 0 Å². The summed E-state index contributed by atoms with van der Waals surface area (Å²) in [6.07, 6.45) is -1.34. The topological polar surface area (TPSA) is 43.9 Å². The van der Waals surface area contributed by atoms with Gasteiger partial charge in [-0.15, -0.1) is 0 Å². The second-order valence-corrected chi connectivity index (χ2v) is 7.05. The molecule has 27 heavy (non-hydrogen) atoms. The van der Waals surface area contributed by atoms with Crippen LogP contribution in [0.15, 0.2) is 24.3 Å². The van der Waals surface area contributed by atoms with Crippen LogP contribution in [0.3, 0.4) is 0 Å². The van der Waals surface area contributed by atoms with E-state index < -0.39 is 17.6 Å². The number of benzene rings is 1. The summed E-state index contributed by atoms with van der Waals surface area (Å²) in [5.74, 6) is -0.512. The highest BCUT2D eigenvalue weighted by Crippen LogP contribution is 2.32. The van der Waals surface area contributed by atoms with Crippen LogP contribution in [0.2, 0.25) is 0 Å². The molecule has 5 nitrogen and oxygen atoms in total. The molecule has 1 aromatic rings.